The minimum absolute atomic E-state index is 0.0783. The molecular formula is C16H23N3O2. The lowest BCUT2D eigenvalue weighted by Crippen LogP contribution is -2.28. The van der Waals surface area contributed by atoms with Crippen LogP contribution in [-0.4, -0.2) is 23.9 Å². The number of nitrogens with one attached hydrogen (secondary N) is 2. The fourth-order valence-electron chi connectivity index (χ4n) is 1.74. The summed E-state index contributed by atoms with van der Waals surface area (Å²) in [5, 5.41) is 14.6. The molecule has 0 saturated carbocycles. The molecule has 1 aromatic carbocycles. The molecule has 0 aliphatic heterocycles. The lowest BCUT2D eigenvalue weighted by atomic mass is 9.89. The number of urea groups is 1. The first-order valence-electron chi connectivity index (χ1n) is 6.75. The summed E-state index contributed by atoms with van der Waals surface area (Å²) in [6.45, 7) is 8.01. The molecule has 114 valence electrons. The van der Waals surface area contributed by atoms with E-state index in [1.807, 2.05) is 13.0 Å². The van der Waals surface area contributed by atoms with E-state index in [-0.39, 0.29) is 17.2 Å². The molecule has 1 rings (SSSR count). The topological polar surface area (TPSA) is 73.7 Å². The summed E-state index contributed by atoms with van der Waals surface area (Å²) < 4.78 is 0. The third kappa shape index (κ3) is 5.69. The second-order valence-corrected chi connectivity index (χ2v) is 5.81. The van der Waals surface area contributed by atoms with E-state index in [0.29, 0.717) is 11.4 Å². The average Bonchev–Trinajstić information content (AvgIpc) is 2.37. The van der Waals surface area contributed by atoms with E-state index in [2.05, 4.69) is 36.4 Å². The number of benzene rings is 1. The minimum atomic E-state index is -0.334. The van der Waals surface area contributed by atoms with Crippen molar-refractivity contribution in [2.45, 2.75) is 27.7 Å². The summed E-state index contributed by atoms with van der Waals surface area (Å²) in [5.74, 6) is 0.158. The van der Waals surface area contributed by atoms with Crippen LogP contribution in [0.1, 0.15) is 27.7 Å². The van der Waals surface area contributed by atoms with Gasteiger partial charge in [-0.05, 0) is 37.3 Å². The number of allylic oxidation sites excluding steroid dienone is 2. The molecule has 3 N–H and O–H groups in total. The lowest BCUT2D eigenvalue weighted by Gasteiger charge is -2.19. The molecule has 0 saturated heterocycles. The molecule has 0 unspecified atom stereocenters. The summed E-state index contributed by atoms with van der Waals surface area (Å²) in [7, 11) is 1.74. The Kier molecular flexibility index (Phi) is 5.52. The van der Waals surface area contributed by atoms with Gasteiger partial charge in [0.1, 0.15) is 5.75 Å². The minimum Gasteiger partial charge on any atom is -0.508 e. The van der Waals surface area contributed by atoms with Crippen LogP contribution in [0.4, 0.5) is 10.5 Å². The van der Waals surface area contributed by atoms with Crippen molar-refractivity contribution < 1.29 is 9.90 Å². The highest BCUT2D eigenvalue weighted by Gasteiger charge is 2.16. The Morgan fingerprint density at radius 1 is 1.24 bits per heavy atom. The molecule has 0 aliphatic rings. The van der Waals surface area contributed by atoms with Crippen molar-refractivity contribution in [3.63, 3.8) is 0 Å². The van der Waals surface area contributed by atoms with Crippen molar-refractivity contribution in [3.05, 3.63) is 36.0 Å². The van der Waals surface area contributed by atoms with Crippen LogP contribution in [0.5, 0.6) is 5.75 Å². The predicted octanol–water partition coefficient (Wildman–Crippen LogP) is 3.53. The van der Waals surface area contributed by atoms with Gasteiger partial charge in [-0.1, -0.05) is 20.8 Å². The van der Waals surface area contributed by atoms with Gasteiger partial charge in [0.05, 0.1) is 0 Å². The maximum absolute atomic E-state index is 11.9. The number of anilines is 1. The first-order valence-corrected chi connectivity index (χ1v) is 6.75. The highest BCUT2D eigenvalue weighted by molar-refractivity contribution is 6.00. The molecule has 21 heavy (non-hydrogen) atoms. The molecule has 0 fully saturated rings. The van der Waals surface area contributed by atoms with Crippen molar-refractivity contribution in [2.75, 3.05) is 12.4 Å². The standard InChI is InChI=1S/C16H23N3O2/c1-11(10-14(17-5)16(2,3)4)18-15(21)19-12-6-8-13(20)9-7-12/h6-10,20H,1-5H3,(H2,18,19,21)/b11-10+,17-14?. The SMILES string of the molecule is CN=C(/C=C(\C)NC(=O)Nc1ccc(O)cc1)C(C)(C)C. The van der Waals surface area contributed by atoms with Gasteiger partial charge in [-0.3, -0.25) is 4.99 Å². The number of phenolic OH excluding ortho intramolecular Hbond substituents is 1. The van der Waals surface area contributed by atoms with Gasteiger partial charge in [0.2, 0.25) is 0 Å². The number of carbonyl (C=O) groups is 1. The first-order chi connectivity index (χ1) is 9.72. The highest BCUT2D eigenvalue weighted by atomic mass is 16.3. The Bertz CT molecular complexity index is 552. The molecular weight excluding hydrogens is 266 g/mol. The van der Waals surface area contributed by atoms with E-state index in [1.165, 1.54) is 12.1 Å². The van der Waals surface area contributed by atoms with Crippen molar-refractivity contribution in [1.82, 2.24) is 5.32 Å². The van der Waals surface area contributed by atoms with Crippen molar-refractivity contribution >= 4 is 17.4 Å². The van der Waals surface area contributed by atoms with Crippen LogP contribution < -0.4 is 10.6 Å². The van der Waals surface area contributed by atoms with E-state index in [1.54, 1.807) is 19.2 Å². The smallest absolute Gasteiger partial charge is 0.323 e. The molecule has 0 radical (unpaired) electrons. The van der Waals surface area contributed by atoms with Gasteiger partial charge >= 0.3 is 6.03 Å². The maximum atomic E-state index is 11.9. The zero-order valence-corrected chi connectivity index (χ0v) is 13.2. The zero-order chi connectivity index (χ0) is 16.0. The Morgan fingerprint density at radius 3 is 2.29 bits per heavy atom. The van der Waals surface area contributed by atoms with Gasteiger partial charge in [-0.25, -0.2) is 4.79 Å². The van der Waals surface area contributed by atoms with Crippen molar-refractivity contribution in [1.29, 1.82) is 0 Å². The number of phenols is 1. The predicted molar refractivity (Wildman–Crippen MR) is 86.8 cm³/mol. The third-order valence-electron chi connectivity index (χ3n) is 2.80. The summed E-state index contributed by atoms with van der Waals surface area (Å²) in [5.41, 5.74) is 2.15. The van der Waals surface area contributed by atoms with Crippen LogP contribution in [0.15, 0.2) is 41.0 Å². The number of rotatable bonds is 3. The number of nitrogens with zero attached hydrogens (tertiary/aromatic N) is 1. The second kappa shape index (κ2) is 6.92. The van der Waals surface area contributed by atoms with Gasteiger partial charge in [0, 0.05) is 29.6 Å². The second-order valence-electron chi connectivity index (χ2n) is 5.81. The lowest BCUT2D eigenvalue weighted by molar-refractivity contribution is 0.254. The van der Waals surface area contributed by atoms with Crippen LogP contribution in [0.2, 0.25) is 0 Å². The van der Waals surface area contributed by atoms with E-state index in [9.17, 15) is 9.90 Å². The number of carbonyl (C=O) groups excluding carboxylic acids is 1. The van der Waals surface area contributed by atoms with Gasteiger partial charge in [0.25, 0.3) is 0 Å². The number of hydrogen-bond donors (Lipinski definition) is 3. The third-order valence-corrected chi connectivity index (χ3v) is 2.80. The van der Waals surface area contributed by atoms with Crippen molar-refractivity contribution in [2.24, 2.45) is 10.4 Å². The maximum Gasteiger partial charge on any atom is 0.323 e. The van der Waals surface area contributed by atoms with Crippen LogP contribution in [0.25, 0.3) is 0 Å². The first kappa shape index (κ1) is 16.8. The largest absolute Gasteiger partial charge is 0.508 e. The molecule has 0 bridgehead atoms. The van der Waals surface area contributed by atoms with Gasteiger partial charge in [-0.2, -0.15) is 0 Å². The monoisotopic (exact) mass is 289 g/mol. The Labute approximate surface area is 125 Å². The summed E-state index contributed by atoms with van der Waals surface area (Å²) in [6, 6.07) is 5.95. The molecule has 1 aromatic rings. The average molecular weight is 289 g/mol. The summed E-state index contributed by atoms with van der Waals surface area (Å²) >= 11 is 0. The molecule has 0 heterocycles. The van der Waals surface area contributed by atoms with Crippen LogP contribution in [-0.2, 0) is 0 Å². The van der Waals surface area contributed by atoms with Crippen LogP contribution >= 0.6 is 0 Å². The van der Waals surface area contributed by atoms with Gasteiger partial charge < -0.3 is 15.7 Å². The molecule has 2 amide bonds. The Balaban J connectivity index is 2.68. The highest BCUT2D eigenvalue weighted by Crippen LogP contribution is 2.17. The summed E-state index contributed by atoms with van der Waals surface area (Å²) in [6.07, 6.45) is 1.86. The zero-order valence-electron chi connectivity index (χ0n) is 13.2. The number of hydrogen-bond acceptors (Lipinski definition) is 3. The fraction of sp³-hybridized carbons (Fsp3) is 0.375. The van der Waals surface area contributed by atoms with Crippen LogP contribution in [0.3, 0.4) is 0 Å². The molecule has 5 heteroatoms. The van der Waals surface area contributed by atoms with E-state index >= 15 is 0 Å². The van der Waals surface area contributed by atoms with Gasteiger partial charge in [-0.15, -0.1) is 0 Å². The van der Waals surface area contributed by atoms with E-state index in [4.69, 9.17) is 0 Å². The summed E-state index contributed by atoms with van der Waals surface area (Å²) in [4.78, 5) is 16.1. The number of aliphatic imine (C=N–C) groups is 1. The molecule has 5 nitrogen and oxygen atoms in total. The molecule has 0 spiro atoms. The Hall–Kier alpha value is -2.30. The van der Waals surface area contributed by atoms with Gasteiger partial charge in [0.15, 0.2) is 0 Å². The molecule has 0 aromatic heterocycles. The molecule has 0 aliphatic carbocycles. The number of aromatic hydroxyl groups is 1. The van der Waals surface area contributed by atoms with Crippen molar-refractivity contribution in [3.8, 4) is 5.75 Å². The van der Waals surface area contributed by atoms with E-state index in [0.717, 1.165) is 5.71 Å². The fourth-order valence-corrected chi connectivity index (χ4v) is 1.74. The van der Waals surface area contributed by atoms with E-state index < -0.39 is 0 Å². The van der Waals surface area contributed by atoms with Crippen LogP contribution in [0, 0.1) is 5.41 Å². The normalized spacial score (nSPS) is 13.0. The Morgan fingerprint density at radius 2 is 1.81 bits per heavy atom. The molecule has 0 atom stereocenters. The number of amides is 2. The quantitative estimate of drug-likeness (QED) is 0.588.